The third-order valence-corrected chi connectivity index (χ3v) is 5.26. The van der Waals surface area contributed by atoms with Crippen LogP contribution in [0.25, 0.3) is 0 Å². The molecule has 0 aliphatic carbocycles. The van der Waals surface area contributed by atoms with Gasteiger partial charge in [-0.3, -0.25) is 4.72 Å². The van der Waals surface area contributed by atoms with Crippen molar-refractivity contribution in [2.75, 3.05) is 11.8 Å². The highest BCUT2D eigenvalue weighted by Crippen LogP contribution is 2.30. The maximum Gasteiger partial charge on any atom is 0.262 e. The van der Waals surface area contributed by atoms with Gasteiger partial charge in [0.1, 0.15) is 5.75 Å². The Morgan fingerprint density at radius 1 is 1.05 bits per heavy atom. The standard InChI is InChI=1S/C16H18ClNO3S/c1-10-5-6-15(21-4)14(7-10)18-22(19,20)16-9-11(2)13(17)8-12(16)3/h5-9,18H,1-4H3. The van der Waals surface area contributed by atoms with Gasteiger partial charge in [0.05, 0.1) is 17.7 Å². The van der Waals surface area contributed by atoms with Crippen LogP contribution >= 0.6 is 11.6 Å². The van der Waals surface area contributed by atoms with Crippen molar-refractivity contribution >= 4 is 27.3 Å². The minimum Gasteiger partial charge on any atom is -0.495 e. The van der Waals surface area contributed by atoms with Gasteiger partial charge in [0.15, 0.2) is 0 Å². The zero-order chi connectivity index (χ0) is 16.5. The van der Waals surface area contributed by atoms with E-state index in [1.54, 1.807) is 38.1 Å². The number of hydrogen-bond acceptors (Lipinski definition) is 3. The highest BCUT2D eigenvalue weighted by Gasteiger charge is 2.20. The second kappa shape index (κ2) is 6.18. The van der Waals surface area contributed by atoms with E-state index >= 15 is 0 Å². The number of anilines is 1. The number of aryl methyl sites for hydroxylation is 3. The van der Waals surface area contributed by atoms with Crippen molar-refractivity contribution in [3.05, 3.63) is 52.0 Å². The molecule has 2 rings (SSSR count). The zero-order valence-corrected chi connectivity index (χ0v) is 14.5. The van der Waals surface area contributed by atoms with E-state index in [2.05, 4.69) is 4.72 Å². The molecule has 2 aromatic carbocycles. The van der Waals surface area contributed by atoms with E-state index in [9.17, 15) is 8.42 Å². The van der Waals surface area contributed by atoms with Gasteiger partial charge >= 0.3 is 0 Å². The van der Waals surface area contributed by atoms with Crippen LogP contribution < -0.4 is 9.46 Å². The van der Waals surface area contributed by atoms with E-state index in [1.165, 1.54) is 7.11 Å². The van der Waals surface area contributed by atoms with Gasteiger partial charge in [0.25, 0.3) is 10.0 Å². The number of ether oxygens (including phenoxy) is 1. The van der Waals surface area contributed by atoms with Crippen molar-refractivity contribution in [1.29, 1.82) is 0 Å². The molecule has 0 saturated heterocycles. The Balaban J connectivity index is 2.49. The lowest BCUT2D eigenvalue weighted by Crippen LogP contribution is -2.15. The first-order valence-corrected chi connectivity index (χ1v) is 8.55. The van der Waals surface area contributed by atoms with Gasteiger partial charge in [-0.1, -0.05) is 17.7 Å². The molecule has 0 spiro atoms. The van der Waals surface area contributed by atoms with Crippen LogP contribution in [0.5, 0.6) is 5.75 Å². The lowest BCUT2D eigenvalue weighted by atomic mass is 10.2. The number of benzene rings is 2. The van der Waals surface area contributed by atoms with Crippen LogP contribution in [0.2, 0.25) is 5.02 Å². The summed E-state index contributed by atoms with van der Waals surface area (Å²) in [5.74, 6) is 0.470. The summed E-state index contributed by atoms with van der Waals surface area (Å²) in [6.45, 7) is 5.37. The number of halogens is 1. The fraction of sp³-hybridized carbons (Fsp3) is 0.250. The number of hydrogen-bond donors (Lipinski definition) is 1. The van der Waals surface area contributed by atoms with Gasteiger partial charge in [-0.25, -0.2) is 8.42 Å². The van der Waals surface area contributed by atoms with Crippen LogP contribution in [0.15, 0.2) is 35.2 Å². The summed E-state index contributed by atoms with van der Waals surface area (Å²) in [4.78, 5) is 0.206. The average Bonchev–Trinajstić information content (AvgIpc) is 2.42. The predicted octanol–water partition coefficient (Wildman–Crippen LogP) is 4.07. The Labute approximate surface area is 136 Å². The molecule has 118 valence electrons. The van der Waals surface area contributed by atoms with Crippen molar-refractivity contribution in [2.24, 2.45) is 0 Å². The lowest BCUT2D eigenvalue weighted by molar-refractivity contribution is 0.417. The SMILES string of the molecule is COc1ccc(C)cc1NS(=O)(=O)c1cc(C)c(Cl)cc1C. The molecule has 22 heavy (non-hydrogen) atoms. The molecule has 1 N–H and O–H groups in total. The summed E-state index contributed by atoms with van der Waals surface area (Å²) in [6, 6.07) is 8.54. The Morgan fingerprint density at radius 3 is 2.36 bits per heavy atom. The minimum atomic E-state index is -3.72. The van der Waals surface area contributed by atoms with E-state index in [1.807, 2.05) is 13.0 Å². The van der Waals surface area contributed by atoms with Crippen LogP contribution in [0.3, 0.4) is 0 Å². The molecule has 0 aliphatic rings. The van der Waals surface area contributed by atoms with E-state index in [-0.39, 0.29) is 4.90 Å². The third-order valence-electron chi connectivity index (χ3n) is 3.35. The van der Waals surface area contributed by atoms with Gasteiger partial charge < -0.3 is 4.74 Å². The van der Waals surface area contributed by atoms with E-state index in [4.69, 9.17) is 16.3 Å². The highest BCUT2D eigenvalue weighted by atomic mass is 35.5. The third kappa shape index (κ3) is 3.36. The van der Waals surface area contributed by atoms with Crippen LogP contribution in [0, 0.1) is 20.8 Å². The van der Waals surface area contributed by atoms with E-state index in [0.717, 1.165) is 5.56 Å². The second-order valence-corrected chi connectivity index (χ2v) is 7.23. The van der Waals surface area contributed by atoms with Gasteiger partial charge in [0.2, 0.25) is 0 Å². The summed E-state index contributed by atoms with van der Waals surface area (Å²) in [5.41, 5.74) is 2.65. The Hall–Kier alpha value is -1.72. The van der Waals surface area contributed by atoms with Gasteiger partial charge in [-0.15, -0.1) is 0 Å². The van der Waals surface area contributed by atoms with Gasteiger partial charge in [-0.05, 0) is 61.7 Å². The van der Waals surface area contributed by atoms with Gasteiger partial charge in [0, 0.05) is 5.02 Å². The van der Waals surface area contributed by atoms with Crippen LogP contribution in [-0.4, -0.2) is 15.5 Å². The van der Waals surface area contributed by atoms with Crippen molar-refractivity contribution in [2.45, 2.75) is 25.7 Å². The average molecular weight is 340 g/mol. The Morgan fingerprint density at radius 2 is 1.73 bits per heavy atom. The van der Waals surface area contributed by atoms with Crippen LogP contribution in [0.4, 0.5) is 5.69 Å². The Kier molecular flexibility index (Phi) is 4.68. The van der Waals surface area contributed by atoms with E-state index < -0.39 is 10.0 Å². The molecule has 4 nitrogen and oxygen atoms in total. The van der Waals surface area contributed by atoms with E-state index in [0.29, 0.717) is 27.6 Å². The van der Waals surface area contributed by atoms with Crippen LogP contribution in [0.1, 0.15) is 16.7 Å². The largest absolute Gasteiger partial charge is 0.495 e. The summed E-state index contributed by atoms with van der Waals surface area (Å²) < 4.78 is 33.1. The Bertz CT molecular complexity index is 816. The molecule has 0 atom stereocenters. The normalized spacial score (nSPS) is 11.3. The smallest absolute Gasteiger partial charge is 0.262 e. The monoisotopic (exact) mass is 339 g/mol. The number of rotatable bonds is 4. The van der Waals surface area contributed by atoms with Gasteiger partial charge in [-0.2, -0.15) is 0 Å². The molecule has 6 heteroatoms. The molecule has 0 amide bonds. The minimum absolute atomic E-state index is 0.206. The number of methoxy groups -OCH3 is 1. The maximum absolute atomic E-state index is 12.7. The summed E-state index contributed by atoms with van der Waals surface area (Å²) in [7, 11) is -2.22. The highest BCUT2D eigenvalue weighted by molar-refractivity contribution is 7.92. The zero-order valence-electron chi connectivity index (χ0n) is 12.9. The van der Waals surface area contributed by atoms with Crippen molar-refractivity contribution in [3.8, 4) is 5.75 Å². The molecule has 0 unspecified atom stereocenters. The molecule has 0 aromatic heterocycles. The molecule has 0 heterocycles. The summed E-state index contributed by atoms with van der Waals surface area (Å²) in [6.07, 6.45) is 0. The van der Waals surface area contributed by atoms with Crippen molar-refractivity contribution < 1.29 is 13.2 Å². The van der Waals surface area contributed by atoms with Crippen molar-refractivity contribution in [1.82, 2.24) is 0 Å². The molecular weight excluding hydrogens is 322 g/mol. The first-order valence-electron chi connectivity index (χ1n) is 6.69. The fourth-order valence-electron chi connectivity index (χ4n) is 2.15. The van der Waals surface area contributed by atoms with Crippen molar-refractivity contribution in [3.63, 3.8) is 0 Å². The second-order valence-electron chi connectivity index (χ2n) is 5.18. The quantitative estimate of drug-likeness (QED) is 0.913. The summed E-state index contributed by atoms with van der Waals surface area (Å²) >= 11 is 6.03. The molecule has 0 saturated carbocycles. The number of sulfonamides is 1. The fourth-order valence-corrected chi connectivity index (χ4v) is 3.74. The molecule has 0 bridgehead atoms. The molecule has 0 aliphatic heterocycles. The number of nitrogens with one attached hydrogen (secondary N) is 1. The molecule has 0 radical (unpaired) electrons. The van der Waals surface area contributed by atoms with Crippen LogP contribution in [-0.2, 0) is 10.0 Å². The predicted molar refractivity (Wildman–Crippen MR) is 89.5 cm³/mol. The maximum atomic E-state index is 12.7. The lowest BCUT2D eigenvalue weighted by Gasteiger charge is -2.14. The molecule has 2 aromatic rings. The first kappa shape index (κ1) is 16.6. The molecular formula is C16H18ClNO3S. The summed E-state index contributed by atoms with van der Waals surface area (Å²) in [5, 5.41) is 0.546. The first-order chi connectivity index (χ1) is 10.2. The molecule has 0 fully saturated rings. The topological polar surface area (TPSA) is 55.4 Å².